The van der Waals surface area contributed by atoms with Crippen LogP contribution in [0.25, 0.3) is 11.0 Å². The molecule has 0 bridgehead atoms. The molecule has 0 unspecified atom stereocenters. The van der Waals surface area contributed by atoms with E-state index in [9.17, 15) is 27.2 Å². The summed E-state index contributed by atoms with van der Waals surface area (Å²) in [5, 5.41) is 2.14. The average Bonchev–Trinajstić information content (AvgIpc) is 3.43. The van der Waals surface area contributed by atoms with Gasteiger partial charge in [-0.05, 0) is 25.1 Å². The summed E-state index contributed by atoms with van der Waals surface area (Å²) >= 11 is 0. The lowest BCUT2D eigenvalue weighted by molar-refractivity contribution is 0.0844. The fraction of sp³-hybridized carbons (Fsp3) is 0.391. The van der Waals surface area contributed by atoms with Crippen molar-refractivity contribution in [2.45, 2.75) is 31.9 Å². The maximum absolute atomic E-state index is 15.0. The highest BCUT2D eigenvalue weighted by molar-refractivity contribution is 5.93. The molecule has 1 saturated heterocycles. The molecule has 3 heterocycles. The zero-order chi connectivity index (χ0) is 24.9. The van der Waals surface area contributed by atoms with Crippen molar-refractivity contribution in [3.05, 3.63) is 63.3 Å². The van der Waals surface area contributed by atoms with Crippen LogP contribution in [0, 0.1) is 18.7 Å². The Morgan fingerprint density at radius 2 is 1.86 bits per heavy atom. The highest BCUT2D eigenvalue weighted by atomic mass is 19.3. The first-order chi connectivity index (χ1) is 16.6. The van der Waals surface area contributed by atoms with Gasteiger partial charge in [-0.15, -0.1) is 0 Å². The van der Waals surface area contributed by atoms with Gasteiger partial charge in [-0.2, -0.15) is 4.39 Å². The molecule has 1 amide bonds. The summed E-state index contributed by atoms with van der Waals surface area (Å²) in [4.78, 5) is 37.9. The van der Waals surface area contributed by atoms with Crippen molar-refractivity contribution in [2.75, 3.05) is 31.1 Å². The van der Waals surface area contributed by atoms with Crippen LogP contribution >= 0.6 is 0 Å². The highest BCUT2D eigenvalue weighted by Crippen LogP contribution is 2.41. The third-order valence-electron chi connectivity index (χ3n) is 6.36. The van der Waals surface area contributed by atoms with Crippen LogP contribution < -0.4 is 15.8 Å². The number of aromatic amines is 1. The summed E-state index contributed by atoms with van der Waals surface area (Å²) in [6.45, 7) is 3.75. The van der Waals surface area contributed by atoms with Crippen molar-refractivity contribution >= 4 is 22.6 Å². The van der Waals surface area contributed by atoms with Gasteiger partial charge in [0.1, 0.15) is 16.9 Å². The van der Waals surface area contributed by atoms with Crippen LogP contribution in [-0.4, -0.2) is 63.9 Å². The SMILES string of the molecule is Cc1nc2ccc(CN3CCN(c4ccc(C(=O)N[C@@H]5CC5(F)F)nc4F)CC3)c(F)c2[nH]c1=O. The Kier molecular flexibility index (Phi) is 5.70. The Hall–Kier alpha value is -3.54. The summed E-state index contributed by atoms with van der Waals surface area (Å²) in [6, 6.07) is 4.78. The van der Waals surface area contributed by atoms with Crippen molar-refractivity contribution in [3.63, 3.8) is 0 Å². The molecule has 2 N–H and O–H groups in total. The Morgan fingerprint density at radius 3 is 2.51 bits per heavy atom. The predicted octanol–water partition coefficient (Wildman–Crippen LogP) is 2.36. The van der Waals surface area contributed by atoms with Crippen LogP contribution in [0.5, 0.6) is 0 Å². The van der Waals surface area contributed by atoms with Crippen LogP contribution in [0.4, 0.5) is 23.2 Å². The van der Waals surface area contributed by atoms with Gasteiger partial charge in [-0.1, -0.05) is 6.07 Å². The number of nitrogens with zero attached hydrogens (tertiary/aromatic N) is 4. The molecular formula is C23H22F4N6O2. The fourth-order valence-corrected chi connectivity index (χ4v) is 4.16. The Labute approximate surface area is 197 Å². The highest BCUT2D eigenvalue weighted by Gasteiger charge is 2.58. The lowest BCUT2D eigenvalue weighted by atomic mass is 10.1. The molecule has 1 aromatic carbocycles. The number of nitrogens with one attached hydrogen (secondary N) is 2. The monoisotopic (exact) mass is 490 g/mol. The van der Waals surface area contributed by atoms with Crippen molar-refractivity contribution in [1.29, 1.82) is 0 Å². The zero-order valence-corrected chi connectivity index (χ0v) is 18.7. The lowest BCUT2D eigenvalue weighted by Crippen LogP contribution is -2.46. The Morgan fingerprint density at radius 1 is 1.14 bits per heavy atom. The first-order valence-corrected chi connectivity index (χ1v) is 11.1. The smallest absolute Gasteiger partial charge is 0.270 e. The van der Waals surface area contributed by atoms with E-state index in [0.717, 1.165) is 0 Å². The molecule has 1 atom stereocenters. The largest absolute Gasteiger partial charge is 0.365 e. The number of halogens is 4. The minimum absolute atomic E-state index is 0.0689. The molecule has 12 heteroatoms. The van der Waals surface area contributed by atoms with E-state index in [-0.39, 0.29) is 22.6 Å². The molecular weight excluding hydrogens is 468 g/mol. The van der Waals surface area contributed by atoms with Gasteiger partial charge in [0.05, 0.1) is 17.2 Å². The molecule has 35 heavy (non-hydrogen) atoms. The predicted molar refractivity (Wildman–Crippen MR) is 120 cm³/mol. The minimum atomic E-state index is -2.92. The Bertz CT molecular complexity index is 1370. The van der Waals surface area contributed by atoms with Gasteiger partial charge in [0.15, 0.2) is 5.82 Å². The van der Waals surface area contributed by atoms with Gasteiger partial charge >= 0.3 is 0 Å². The van der Waals surface area contributed by atoms with Crippen LogP contribution in [0.2, 0.25) is 0 Å². The summed E-state index contributed by atoms with van der Waals surface area (Å²) < 4.78 is 55.6. The molecule has 3 aromatic rings. The number of H-pyrrole nitrogens is 1. The molecule has 1 aliphatic heterocycles. The van der Waals surface area contributed by atoms with Crippen molar-refractivity contribution in [1.82, 2.24) is 25.2 Å². The van der Waals surface area contributed by atoms with E-state index in [4.69, 9.17) is 0 Å². The second kappa shape index (κ2) is 8.59. The van der Waals surface area contributed by atoms with Gasteiger partial charge in [0.25, 0.3) is 17.4 Å². The van der Waals surface area contributed by atoms with Crippen molar-refractivity contribution < 1.29 is 22.4 Å². The van der Waals surface area contributed by atoms with E-state index in [0.29, 0.717) is 43.8 Å². The van der Waals surface area contributed by atoms with E-state index in [1.165, 1.54) is 12.1 Å². The maximum Gasteiger partial charge on any atom is 0.270 e. The summed E-state index contributed by atoms with van der Waals surface area (Å²) in [5.74, 6) is -5.15. The number of carbonyl (C=O) groups excluding carboxylic acids is 1. The second-order valence-electron chi connectivity index (χ2n) is 8.84. The number of hydrogen-bond acceptors (Lipinski definition) is 6. The summed E-state index contributed by atoms with van der Waals surface area (Å²) in [5.41, 5.74) is 0.624. The first-order valence-electron chi connectivity index (χ1n) is 11.1. The van der Waals surface area contributed by atoms with Gasteiger partial charge in [-0.25, -0.2) is 23.1 Å². The normalized spacial score (nSPS) is 19.7. The van der Waals surface area contributed by atoms with Crippen LogP contribution in [0.15, 0.2) is 29.1 Å². The first kappa shape index (κ1) is 23.2. The summed E-state index contributed by atoms with van der Waals surface area (Å²) in [6.07, 6.45) is -0.429. The number of rotatable bonds is 5. The fourth-order valence-electron chi connectivity index (χ4n) is 4.16. The van der Waals surface area contributed by atoms with Crippen molar-refractivity contribution in [3.8, 4) is 0 Å². The third-order valence-corrected chi connectivity index (χ3v) is 6.36. The molecule has 2 aromatic heterocycles. The molecule has 0 spiro atoms. The van der Waals surface area contributed by atoms with Crippen LogP contribution in [-0.2, 0) is 6.54 Å². The standard InChI is InChI=1S/C23H22F4N6O2/c1-12-21(34)31-19-14(28-12)3-2-13(18(19)24)11-32-6-8-33(9-7-32)16-5-4-15(29-20(16)25)22(35)30-17-10-23(17,26)27/h2-5,17H,6-11H2,1H3,(H,30,35)(H,31,34)/t17-/m1/s1. The molecule has 1 aliphatic carbocycles. The number of aryl methyl sites for hydroxylation is 1. The van der Waals surface area contributed by atoms with Gasteiger partial charge in [0.2, 0.25) is 5.95 Å². The number of benzene rings is 1. The van der Waals surface area contributed by atoms with Gasteiger partial charge < -0.3 is 15.2 Å². The maximum atomic E-state index is 15.0. The minimum Gasteiger partial charge on any atom is -0.365 e. The van der Waals surface area contributed by atoms with Crippen LogP contribution in [0.1, 0.15) is 28.2 Å². The number of alkyl halides is 2. The third kappa shape index (κ3) is 4.57. The quantitative estimate of drug-likeness (QED) is 0.421. The Balaban J connectivity index is 1.22. The van der Waals surface area contributed by atoms with Crippen LogP contribution in [0.3, 0.4) is 0 Å². The van der Waals surface area contributed by atoms with E-state index in [2.05, 4.69) is 20.3 Å². The molecule has 8 nitrogen and oxygen atoms in total. The van der Waals surface area contributed by atoms with Crippen molar-refractivity contribution in [2.24, 2.45) is 0 Å². The number of carbonyl (C=O) groups is 1. The van der Waals surface area contributed by atoms with E-state index >= 15 is 0 Å². The number of aromatic nitrogens is 3. The number of fused-ring (bicyclic) bond motifs is 1. The molecule has 1 saturated carbocycles. The van der Waals surface area contributed by atoms with Gasteiger partial charge in [0, 0.05) is 44.7 Å². The number of anilines is 1. The zero-order valence-electron chi connectivity index (χ0n) is 18.7. The molecule has 2 aliphatic rings. The van der Waals surface area contributed by atoms with E-state index < -0.39 is 41.6 Å². The molecule has 184 valence electrons. The number of piperazine rings is 1. The number of hydrogen-bond donors (Lipinski definition) is 2. The lowest BCUT2D eigenvalue weighted by Gasteiger charge is -2.36. The molecule has 2 fully saturated rings. The molecule has 5 rings (SSSR count). The van der Waals surface area contributed by atoms with Gasteiger partial charge in [-0.3, -0.25) is 14.5 Å². The number of pyridine rings is 1. The second-order valence-corrected chi connectivity index (χ2v) is 8.84. The number of amides is 1. The summed E-state index contributed by atoms with van der Waals surface area (Å²) in [7, 11) is 0. The molecule has 0 radical (unpaired) electrons. The van der Waals surface area contributed by atoms with E-state index in [1.807, 2.05) is 4.90 Å². The van der Waals surface area contributed by atoms with E-state index in [1.54, 1.807) is 24.0 Å². The topological polar surface area (TPSA) is 94.2 Å². The average molecular weight is 490 g/mol.